The zero-order valence-electron chi connectivity index (χ0n) is 8.90. The predicted octanol–water partition coefficient (Wildman–Crippen LogP) is 2.61. The monoisotopic (exact) mass is 297 g/mol. The van der Waals surface area contributed by atoms with Crippen LogP contribution >= 0.6 is 27.3 Å². The second-order valence-electron chi connectivity index (χ2n) is 3.43. The molecule has 0 saturated heterocycles. The fraction of sp³-hybridized carbons (Fsp3) is 0.273. The number of nitrogens with zero attached hydrogens (tertiary/aromatic N) is 2. The molecule has 0 aliphatic heterocycles. The fourth-order valence-electron chi connectivity index (χ4n) is 1.40. The lowest BCUT2D eigenvalue weighted by Crippen LogP contribution is -2.04. The summed E-state index contributed by atoms with van der Waals surface area (Å²) in [6, 6.07) is 8.27. The van der Waals surface area contributed by atoms with Crippen molar-refractivity contribution >= 4 is 27.3 Å². The van der Waals surface area contributed by atoms with Crippen LogP contribution in [0.4, 0.5) is 0 Å². The summed E-state index contributed by atoms with van der Waals surface area (Å²) in [6.07, 6.45) is 0.848. The third-order valence-electron chi connectivity index (χ3n) is 2.08. The number of halogens is 1. The van der Waals surface area contributed by atoms with Crippen molar-refractivity contribution in [3.05, 3.63) is 44.3 Å². The van der Waals surface area contributed by atoms with Crippen LogP contribution in [-0.4, -0.2) is 17.2 Å². The van der Waals surface area contributed by atoms with Crippen molar-refractivity contribution in [3.63, 3.8) is 0 Å². The molecule has 84 valence electrons. The summed E-state index contributed by atoms with van der Waals surface area (Å²) in [6.45, 7) is 0.788. The molecule has 0 fully saturated rings. The van der Waals surface area contributed by atoms with Crippen LogP contribution in [0.1, 0.15) is 15.6 Å². The fourth-order valence-corrected chi connectivity index (χ4v) is 2.74. The van der Waals surface area contributed by atoms with E-state index in [2.05, 4.69) is 43.6 Å². The molecule has 0 radical (unpaired) electrons. The van der Waals surface area contributed by atoms with E-state index in [4.69, 9.17) is 0 Å². The highest BCUT2D eigenvalue weighted by atomic mass is 79.9. The van der Waals surface area contributed by atoms with Crippen LogP contribution in [0.2, 0.25) is 0 Å². The van der Waals surface area contributed by atoms with Gasteiger partial charge in [-0.15, -0.1) is 10.2 Å². The van der Waals surface area contributed by atoms with Crippen molar-refractivity contribution in [1.29, 1.82) is 0 Å². The lowest BCUT2D eigenvalue weighted by Gasteiger charge is -1.97. The minimum Gasteiger partial charge on any atom is -0.313 e. The number of benzene rings is 1. The Hall–Kier alpha value is -0.780. The van der Waals surface area contributed by atoms with Crippen LogP contribution in [0.3, 0.4) is 0 Å². The lowest BCUT2D eigenvalue weighted by molar-refractivity contribution is 0.791. The Kier molecular flexibility index (Phi) is 4.04. The number of hydrogen-bond donors (Lipinski definition) is 1. The summed E-state index contributed by atoms with van der Waals surface area (Å²) in [5.41, 5.74) is 1.25. The van der Waals surface area contributed by atoms with Crippen molar-refractivity contribution in [2.75, 3.05) is 7.05 Å². The van der Waals surface area contributed by atoms with Gasteiger partial charge in [-0.05, 0) is 24.7 Å². The molecule has 1 N–H and O–H groups in total. The molecule has 2 rings (SSSR count). The topological polar surface area (TPSA) is 37.8 Å². The second-order valence-corrected chi connectivity index (χ2v) is 5.49. The number of aromatic nitrogens is 2. The van der Waals surface area contributed by atoms with Crippen molar-refractivity contribution in [3.8, 4) is 0 Å². The molecule has 0 atom stereocenters. The van der Waals surface area contributed by atoms with Crippen molar-refractivity contribution in [1.82, 2.24) is 15.5 Å². The average molecular weight is 298 g/mol. The molecule has 0 amide bonds. The number of nitrogens with one attached hydrogen (secondary N) is 1. The first-order chi connectivity index (χ1) is 7.78. The molecule has 5 heteroatoms. The van der Waals surface area contributed by atoms with E-state index in [-0.39, 0.29) is 0 Å². The number of rotatable bonds is 4. The van der Waals surface area contributed by atoms with Crippen LogP contribution in [0.25, 0.3) is 0 Å². The van der Waals surface area contributed by atoms with Gasteiger partial charge in [0.1, 0.15) is 10.0 Å². The molecule has 3 nitrogen and oxygen atoms in total. The van der Waals surface area contributed by atoms with Gasteiger partial charge < -0.3 is 5.32 Å². The van der Waals surface area contributed by atoms with Gasteiger partial charge in [-0.3, -0.25) is 0 Å². The highest BCUT2D eigenvalue weighted by Gasteiger charge is 2.04. The zero-order valence-corrected chi connectivity index (χ0v) is 11.3. The average Bonchev–Trinajstić information content (AvgIpc) is 2.66. The summed E-state index contributed by atoms with van der Waals surface area (Å²) >= 11 is 5.12. The maximum atomic E-state index is 4.17. The molecule has 0 saturated carbocycles. The summed E-state index contributed by atoms with van der Waals surface area (Å²) in [7, 11) is 1.91. The first-order valence-electron chi connectivity index (χ1n) is 4.98. The Balaban J connectivity index is 2.08. The van der Waals surface area contributed by atoms with E-state index in [1.54, 1.807) is 11.3 Å². The van der Waals surface area contributed by atoms with Crippen LogP contribution in [0.15, 0.2) is 28.7 Å². The van der Waals surface area contributed by atoms with E-state index in [0.29, 0.717) is 0 Å². The van der Waals surface area contributed by atoms with Gasteiger partial charge >= 0.3 is 0 Å². The van der Waals surface area contributed by atoms with E-state index < -0.39 is 0 Å². The molecule has 1 aromatic heterocycles. The Morgan fingerprint density at radius 3 is 2.88 bits per heavy atom. The number of hydrogen-bond acceptors (Lipinski definition) is 4. The Labute approximate surface area is 107 Å². The van der Waals surface area contributed by atoms with Gasteiger partial charge in [-0.25, -0.2) is 0 Å². The third kappa shape index (κ3) is 3.10. The van der Waals surface area contributed by atoms with Crippen LogP contribution in [0, 0.1) is 0 Å². The molecule has 16 heavy (non-hydrogen) atoms. The molecular formula is C11H12BrN3S. The highest BCUT2D eigenvalue weighted by molar-refractivity contribution is 9.10. The SMILES string of the molecule is CNCc1nnc(Cc2cccc(Br)c2)s1. The van der Waals surface area contributed by atoms with Crippen molar-refractivity contribution in [2.45, 2.75) is 13.0 Å². The molecule has 0 aliphatic carbocycles. The Morgan fingerprint density at radius 1 is 1.31 bits per heavy atom. The molecule has 1 aromatic carbocycles. The van der Waals surface area contributed by atoms with Crippen LogP contribution < -0.4 is 5.32 Å². The van der Waals surface area contributed by atoms with Gasteiger partial charge in [-0.1, -0.05) is 39.4 Å². The maximum absolute atomic E-state index is 4.17. The third-order valence-corrected chi connectivity index (χ3v) is 3.50. The smallest absolute Gasteiger partial charge is 0.131 e. The first-order valence-corrected chi connectivity index (χ1v) is 6.59. The van der Waals surface area contributed by atoms with Crippen LogP contribution in [-0.2, 0) is 13.0 Å². The lowest BCUT2D eigenvalue weighted by atomic mass is 10.2. The van der Waals surface area contributed by atoms with E-state index in [9.17, 15) is 0 Å². The maximum Gasteiger partial charge on any atom is 0.131 e. The summed E-state index contributed by atoms with van der Waals surface area (Å²) in [5, 5.41) is 13.5. The van der Waals surface area contributed by atoms with E-state index >= 15 is 0 Å². The van der Waals surface area contributed by atoms with E-state index in [0.717, 1.165) is 27.5 Å². The van der Waals surface area contributed by atoms with Gasteiger partial charge in [0.05, 0.1) is 0 Å². The largest absolute Gasteiger partial charge is 0.313 e. The van der Waals surface area contributed by atoms with E-state index in [1.165, 1.54) is 5.56 Å². The normalized spacial score (nSPS) is 10.6. The van der Waals surface area contributed by atoms with Gasteiger partial charge in [-0.2, -0.15) is 0 Å². The minimum absolute atomic E-state index is 0.788. The molecule has 0 aliphatic rings. The summed E-state index contributed by atoms with van der Waals surface area (Å²) < 4.78 is 1.10. The minimum atomic E-state index is 0.788. The Bertz CT molecular complexity index is 470. The molecule has 2 aromatic rings. The Morgan fingerprint density at radius 2 is 2.12 bits per heavy atom. The van der Waals surface area contributed by atoms with Crippen LogP contribution in [0.5, 0.6) is 0 Å². The molecule has 0 unspecified atom stereocenters. The van der Waals surface area contributed by atoms with E-state index in [1.807, 2.05) is 19.2 Å². The summed E-state index contributed by atoms with van der Waals surface area (Å²) in [5.74, 6) is 0. The quantitative estimate of drug-likeness (QED) is 0.943. The first kappa shape index (κ1) is 11.7. The molecule has 0 bridgehead atoms. The predicted molar refractivity (Wildman–Crippen MR) is 69.6 cm³/mol. The van der Waals surface area contributed by atoms with Crippen molar-refractivity contribution < 1.29 is 0 Å². The zero-order chi connectivity index (χ0) is 11.4. The van der Waals surface area contributed by atoms with Gasteiger partial charge in [0.2, 0.25) is 0 Å². The second kappa shape index (κ2) is 5.52. The van der Waals surface area contributed by atoms with Gasteiger partial charge in [0.25, 0.3) is 0 Å². The highest BCUT2D eigenvalue weighted by Crippen LogP contribution is 2.17. The van der Waals surface area contributed by atoms with Crippen molar-refractivity contribution in [2.24, 2.45) is 0 Å². The molecular weight excluding hydrogens is 286 g/mol. The van der Waals surface area contributed by atoms with Gasteiger partial charge in [0.15, 0.2) is 0 Å². The molecule has 1 heterocycles. The standard InChI is InChI=1S/C11H12BrN3S/c1-13-7-11-15-14-10(16-11)6-8-3-2-4-9(12)5-8/h2-5,13H,6-7H2,1H3. The van der Waals surface area contributed by atoms with Gasteiger partial charge in [0, 0.05) is 17.4 Å². The molecule has 0 spiro atoms. The summed E-state index contributed by atoms with van der Waals surface area (Å²) in [4.78, 5) is 0.